The number of aliphatic hydroxyl groups is 1. The maximum absolute atomic E-state index is 12.9. The molecule has 1 fully saturated rings. The molecule has 0 aliphatic heterocycles. The number of carbonyl (C=O) groups excluding carboxylic acids is 3. The second-order valence-corrected chi connectivity index (χ2v) is 10.5. The number of primary amides is 1. The molecule has 2 rings (SSSR count). The van der Waals surface area contributed by atoms with Gasteiger partial charge in [0.2, 0.25) is 17.7 Å². The molecule has 1 radical (unpaired) electrons. The van der Waals surface area contributed by atoms with Crippen molar-refractivity contribution in [2.75, 3.05) is 0 Å². The first-order chi connectivity index (χ1) is 15.9. The summed E-state index contributed by atoms with van der Waals surface area (Å²) in [7, 11) is 0. The molecule has 7 nitrogen and oxygen atoms in total. The number of carbonyl (C=O) groups is 3. The van der Waals surface area contributed by atoms with E-state index in [1.807, 2.05) is 57.2 Å². The summed E-state index contributed by atoms with van der Waals surface area (Å²) in [4.78, 5) is 36.5. The van der Waals surface area contributed by atoms with Crippen molar-refractivity contribution in [3.05, 3.63) is 47.9 Å². The summed E-state index contributed by atoms with van der Waals surface area (Å²) in [5, 5.41) is 16.3. The fourth-order valence-electron chi connectivity index (χ4n) is 3.88. The molecule has 1 aliphatic rings. The van der Waals surface area contributed by atoms with E-state index < -0.39 is 34.9 Å². The monoisotopic (exact) mass is 470 g/mol. The van der Waals surface area contributed by atoms with E-state index in [1.54, 1.807) is 6.92 Å². The van der Waals surface area contributed by atoms with Gasteiger partial charge in [0.25, 0.3) is 0 Å². The smallest absolute Gasteiger partial charge is 0.243 e. The van der Waals surface area contributed by atoms with E-state index >= 15 is 0 Å². The number of nitrogens with one attached hydrogen (secondary N) is 2. The molecular formula is C27H40N3O4. The zero-order valence-electron chi connectivity index (χ0n) is 20.9. The molecule has 1 aliphatic carbocycles. The molecule has 2 atom stereocenters. The van der Waals surface area contributed by atoms with Gasteiger partial charge in [0.05, 0.1) is 12.0 Å². The molecule has 0 heterocycles. The highest BCUT2D eigenvalue weighted by molar-refractivity contribution is 5.92. The van der Waals surface area contributed by atoms with Crippen LogP contribution >= 0.6 is 0 Å². The standard InChI is InChI=1S/C27H40N3O4/c1-19(24(28)32)8-13-23(31)29-22(25(33)30-26(2,3)4)18-21-11-9-20(10-12-21)14-17-27(34)15-6-5-7-16-27/h9-14,17,19,22,34H,5-8,15-16,18H2,1-4H3,(H2,28,32)(H,29,31)(H,30,33). The van der Waals surface area contributed by atoms with Gasteiger partial charge in [-0.3, -0.25) is 14.4 Å². The van der Waals surface area contributed by atoms with Crippen molar-refractivity contribution in [1.29, 1.82) is 0 Å². The second kappa shape index (κ2) is 12.2. The van der Waals surface area contributed by atoms with Gasteiger partial charge in [0.1, 0.15) is 6.04 Å². The molecule has 1 aromatic carbocycles. The Morgan fingerprint density at radius 3 is 2.29 bits per heavy atom. The van der Waals surface area contributed by atoms with E-state index in [4.69, 9.17) is 5.73 Å². The van der Waals surface area contributed by atoms with Gasteiger partial charge < -0.3 is 21.5 Å². The van der Waals surface area contributed by atoms with Crippen LogP contribution in [-0.2, 0) is 20.8 Å². The van der Waals surface area contributed by atoms with Gasteiger partial charge in [0, 0.05) is 17.9 Å². The minimum Gasteiger partial charge on any atom is -0.386 e. The van der Waals surface area contributed by atoms with Crippen molar-refractivity contribution in [3.63, 3.8) is 0 Å². The Bertz CT molecular complexity index is 865. The first kappa shape index (κ1) is 27.6. The number of hydrogen-bond donors (Lipinski definition) is 4. The predicted octanol–water partition coefficient (Wildman–Crippen LogP) is 3.05. The Morgan fingerprint density at radius 2 is 1.74 bits per heavy atom. The summed E-state index contributed by atoms with van der Waals surface area (Å²) >= 11 is 0. The summed E-state index contributed by atoms with van der Waals surface area (Å²) in [5.74, 6) is -1.63. The third-order valence-electron chi connectivity index (χ3n) is 6.00. The largest absolute Gasteiger partial charge is 0.386 e. The van der Waals surface area contributed by atoms with Crippen LogP contribution in [0.15, 0.2) is 30.3 Å². The highest BCUT2D eigenvalue weighted by atomic mass is 16.3. The third kappa shape index (κ3) is 9.67. The lowest BCUT2D eigenvalue weighted by molar-refractivity contribution is -0.128. The summed E-state index contributed by atoms with van der Waals surface area (Å²) in [5.41, 5.74) is 5.95. The Hall–Kier alpha value is -2.67. The van der Waals surface area contributed by atoms with Crippen LogP contribution in [0, 0.1) is 12.3 Å². The quantitative estimate of drug-likeness (QED) is 0.420. The lowest BCUT2D eigenvalue weighted by Crippen LogP contribution is -2.53. The fraction of sp³-hybridized carbons (Fsp3) is 0.556. The van der Waals surface area contributed by atoms with Crippen molar-refractivity contribution in [1.82, 2.24) is 10.6 Å². The van der Waals surface area contributed by atoms with Crippen molar-refractivity contribution in [2.45, 2.75) is 89.8 Å². The topological polar surface area (TPSA) is 122 Å². The molecule has 0 bridgehead atoms. The maximum atomic E-state index is 12.9. The molecule has 2 unspecified atom stereocenters. The Morgan fingerprint density at radius 1 is 1.12 bits per heavy atom. The third-order valence-corrected chi connectivity index (χ3v) is 6.00. The van der Waals surface area contributed by atoms with Gasteiger partial charge in [0.15, 0.2) is 0 Å². The summed E-state index contributed by atoms with van der Waals surface area (Å²) in [6.07, 6.45) is 10.6. The summed E-state index contributed by atoms with van der Waals surface area (Å²) in [6, 6.07) is 6.97. The van der Waals surface area contributed by atoms with Gasteiger partial charge in [-0.15, -0.1) is 0 Å². The molecule has 187 valence electrons. The van der Waals surface area contributed by atoms with Gasteiger partial charge in [-0.05, 0) is 51.2 Å². The van der Waals surface area contributed by atoms with E-state index in [2.05, 4.69) is 10.6 Å². The molecule has 34 heavy (non-hydrogen) atoms. The van der Waals surface area contributed by atoms with Crippen LogP contribution in [0.5, 0.6) is 0 Å². The molecule has 1 saturated carbocycles. The van der Waals surface area contributed by atoms with Crippen LogP contribution in [-0.4, -0.2) is 40.0 Å². The number of benzene rings is 1. The second-order valence-electron chi connectivity index (χ2n) is 10.5. The van der Waals surface area contributed by atoms with E-state index in [-0.39, 0.29) is 12.3 Å². The normalized spacial score (nSPS) is 17.7. The lowest BCUT2D eigenvalue weighted by Gasteiger charge is -2.28. The SMILES string of the molecule is CC(C[CH]C(=O)NC(Cc1ccc(C=CC2(O)CCCCC2)cc1)C(=O)NC(C)(C)C)C(N)=O. The molecule has 3 amide bonds. The van der Waals surface area contributed by atoms with Crippen molar-refractivity contribution in [3.8, 4) is 0 Å². The Labute approximate surface area is 203 Å². The number of amides is 3. The van der Waals surface area contributed by atoms with E-state index in [1.165, 1.54) is 12.8 Å². The van der Waals surface area contributed by atoms with Gasteiger partial charge in [-0.1, -0.05) is 62.6 Å². The van der Waals surface area contributed by atoms with Gasteiger partial charge in [-0.25, -0.2) is 0 Å². The van der Waals surface area contributed by atoms with Crippen LogP contribution in [0.4, 0.5) is 0 Å². The Kier molecular flexibility index (Phi) is 9.86. The average Bonchev–Trinajstić information content (AvgIpc) is 2.75. The minimum atomic E-state index is -0.767. The van der Waals surface area contributed by atoms with Crippen LogP contribution in [0.3, 0.4) is 0 Å². The lowest BCUT2D eigenvalue weighted by atomic mass is 9.84. The van der Waals surface area contributed by atoms with Crippen LogP contribution in [0.1, 0.15) is 77.3 Å². The van der Waals surface area contributed by atoms with Gasteiger partial charge >= 0.3 is 0 Å². The summed E-state index contributed by atoms with van der Waals surface area (Å²) in [6.45, 7) is 7.29. The first-order valence-corrected chi connectivity index (χ1v) is 12.1. The molecule has 7 heteroatoms. The number of rotatable bonds is 10. The molecule has 5 N–H and O–H groups in total. The zero-order valence-corrected chi connectivity index (χ0v) is 20.9. The predicted molar refractivity (Wildman–Crippen MR) is 134 cm³/mol. The van der Waals surface area contributed by atoms with Crippen LogP contribution in [0.2, 0.25) is 0 Å². The molecule has 0 aromatic heterocycles. The molecule has 0 spiro atoms. The van der Waals surface area contributed by atoms with Crippen LogP contribution < -0.4 is 16.4 Å². The fourth-order valence-corrected chi connectivity index (χ4v) is 3.88. The van der Waals surface area contributed by atoms with Crippen molar-refractivity contribution >= 4 is 23.8 Å². The number of nitrogens with two attached hydrogens (primary N) is 1. The van der Waals surface area contributed by atoms with E-state index in [9.17, 15) is 19.5 Å². The van der Waals surface area contributed by atoms with E-state index in [0.717, 1.165) is 36.8 Å². The van der Waals surface area contributed by atoms with Crippen molar-refractivity contribution in [2.24, 2.45) is 11.7 Å². The number of hydrogen-bond acceptors (Lipinski definition) is 4. The Balaban J connectivity index is 2.05. The average molecular weight is 471 g/mol. The first-order valence-electron chi connectivity index (χ1n) is 12.1. The van der Waals surface area contributed by atoms with E-state index in [0.29, 0.717) is 6.42 Å². The highest BCUT2D eigenvalue weighted by Gasteiger charge is 2.26. The summed E-state index contributed by atoms with van der Waals surface area (Å²) < 4.78 is 0. The van der Waals surface area contributed by atoms with Crippen molar-refractivity contribution < 1.29 is 19.5 Å². The van der Waals surface area contributed by atoms with Crippen LogP contribution in [0.25, 0.3) is 6.08 Å². The molecular weight excluding hydrogens is 430 g/mol. The highest BCUT2D eigenvalue weighted by Crippen LogP contribution is 2.29. The zero-order chi connectivity index (χ0) is 25.4. The molecule has 0 saturated heterocycles. The minimum absolute atomic E-state index is 0.210. The van der Waals surface area contributed by atoms with Gasteiger partial charge in [-0.2, -0.15) is 0 Å². The molecule has 1 aromatic rings. The maximum Gasteiger partial charge on any atom is 0.243 e.